The van der Waals surface area contributed by atoms with Gasteiger partial charge >= 0.3 is 5.97 Å². The van der Waals surface area contributed by atoms with Crippen molar-refractivity contribution in [1.82, 2.24) is 15.1 Å². The van der Waals surface area contributed by atoms with Gasteiger partial charge in [0.05, 0.1) is 11.3 Å². The Morgan fingerprint density at radius 1 is 0.914 bits per heavy atom. The molecule has 2 heterocycles. The third-order valence-corrected chi connectivity index (χ3v) is 7.51. The minimum Gasteiger partial charge on any atom is -0.452 e. The van der Waals surface area contributed by atoms with E-state index in [1.165, 1.54) is 17.3 Å². The average molecular weight is 496 g/mol. The van der Waals surface area contributed by atoms with Crippen LogP contribution in [0.4, 0.5) is 0 Å². The Labute approximate surface area is 211 Å². The quantitative estimate of drug-likeness (QED) is 0.425. The SMILES string of the molecule is O=C(COC(=O)c1ccccc1SCC(=O)N1CCCC1)NC1CCN(Cc2ccccc2)CC1. The van der Waals surface area contributed by atoms with Gasteiger partial charge < -0.3 is 15.0 Å². The molecule has 2 aromatic carbocycles. The summed E-state index contributed by atoms with van der Waals surface area (Å²) >= 11 is 1.34. The van der Waals surface area contributed by atoms with E-state index in [0.717, 1.165) is 58.4 Å². The standard InChI is InChI=1S/C27H33N3O4S/c31-25(28-22-12-16-29(17-13-22)18-21-8-2-1-3-9-21)19-34-27(33)23-10-4-5-11-24(23)35-20-26(32)30-14-6-7-15-30/h1-5,8-11,22H,6-7,12-20H2,(H,28,31). The van der Waals surface area contributed by atoms with Gasteiger partial charge in [0, 0.05) is 43.7 Å². The highest BCUT2D eigenvalue weighted by molar-refractivity contribution is 8.00. The van der Waals surface area contributed by atoms with Gasteiger partial charge in [-0.25, -0.2) is 4.79 Å². The summed E-state index contributed by atoms with van der Waals surface area (Å²) in [6.45, 7) is 4.06. The number of esters is 1. The van der Waals surface area contributed by atoms with Gasteiger partial charge in [-0.2, -0.15) is 0 Å². The Bertz CT molecular complexity index is 1000. The van der Waals surface area contributed by atoms with Crippen LogP contribution >= 0.6 is 11.8 Å². The molecule has 1 N–H and O–H groups in total. The molecular formula is C27H33N3O4S. The van der Waals surface area contributed by atoms with Gasteiger partial charge in [-0.3, -0.25) is 14.5 Å². The number of hydrogen-bond donors (Lipinski definition) is 1. The van der Waals surface area contributed by atoms with Crippen LogP contribution in [0.3, 0.4) is 0 Å². The Kier molecular flexibility index (Phi) is 9.20. The lowest BCUT2D eigenvalue weighted by molar-refractivity contribution is -0.127. The molecule has 0 saturated carbocycles. The summed E-state index contributed by atoms with van der Waals surface area (Å²) < 4.78 is 5.31. The van der Waals surface area contributed by atoms with Crippen LogP contribution in [-0.2, 0) is 20.9 Å². The molecule has 0 atom stereocenters. The van der Waals surface area contributed by atoms with Crippen molar-refractivity contribution in [3.8, 4) is 0 Å². The first kappa shape index (κ1) is 25.3. The summed E-state index contributed by atoms with van der Waals surface area (Å²) in [6.07, 6.45) is 3.84. The fraction of sp³-hybridized carbons (Fsp3) is 0.444. The van der Waals surface area contributed by atoms with Gasteiger partial charge in [0.1, 0.15) is 0 Å². The topological polar surface area (TPSA) is 79.0 Å². The van der Waals surface area contributed by atoms with Crippen molar-refractivity contribution in [1.29, 1.82) is 0 Å². The third-order valence-electron chi connectivity index (χ3n) is 6.45. The molecule has 2 aliphatic rings. The number of rotatable bonds is 9. The van der Waals surface area contributed by atoms with Gasteiger partial charge in [0.25, 0.3) is 5.91 Å². The fourth-order valence-electron chi connectivity index (χ4n) is 4.51. The normalized spacial score (nSPS) is 16.7. The van der Waals surface area contributed by atoms with E-state index in [4.69, 9.17) is 4.74 Å². The lowest BCUT2D eigenvalue weighted by Crippen LogP contribution is -2.45. The molecule has 2 amide bonds. The zero-order chi connectivity index (χ0) is 24.5. The summed E-state index contributed by atoms with van der Waals surface area (Å²) in [7, 11) is 0. The van der Waals surface area contributed by atoms with Crippen molar-refractivity contribution >= 4 is 29.5 Å². The number of amides is 2. The van der Waals surface area contributed by atoms with Crippen LogP contribution in [0.15, 0.2) is 59.5 Å². The molecular weight excluding hydrogens is 462 g/mol. The second-order valence-electron chi connectivity index (χ2n) is 9.05. The molecule has 7 nitrogen and oxygen atoms in total. The van der Waals surface area contributed by atoms with Crippen LogP contribution < -0.4 is 5.32 Å². The van der Waals surface area contributed by atoms with Crippen molar-refractivity contribution < 1.29 is 19.1 Å². The minimum atomic E-state index is -0.547. The van der Waals surface area contributed by atoms with Crippen molar-refractivity contribution in [3.05, 3.63) is 65.7 Å². The second kappa shape index (κ2) is 12.7. The molecule has 0 unspecified atom stereocenters. The van der Waals surface area contributed by atoms with E-state index >= 15 is 0 Å². The van der Waals surface area contributed by atoms with Crippen molar-refractivity contribution in [2.75, 3.05) is 38.5 Å². The molecule has 2 saturated heterocycles. The van der Waals surface area contributed by atoms with Crippen molar-refractivity contribution in [2.24, 2.45) is 0 Å². The van der Waals surface area contributed by atoms with E-state index in [1.807, 2.05) is 23.1 Å². The number of thioether (sulfide) groups is 1. The number of benzene rings is 2. The van der Waals surface area contributed by atoms with Gasteiger partial charge in [0.2, 0.25) is 5.91 Å². The summed E-state index contributed by atoms with van der Waals surface area (Å²) in [5, 5.41) is 3.00. The minimum absolute atomic E-state index is 0.0878. The zero-order valence-corrected chi connectivity index (χ0v) is 20.8. The molecule has 8 heteroatoms. The maximum atomic E-state index is 12.7. The maximum Gasteiger partial charge on any atom is 0.339 e. The van der Waals surface area contributed by atoms with Crippen molar-refractivity contribution in [2.45, 2.75) is 43.2 Å². The van der Waals surface area contributed by atoms with E-state index in [2.05, 4.69) is 34.5 Å². The molecule has 186 valence electrons. The summed E-state index contributed by atoms with van der Waals surface area (Å²) in [5.74, 6) is -0.457. The molecule has 2 fully saturated rings. The molecule has 0 radical (unpaired) electrons. The van der Waals surface area contributed by atoms with Crippen LogP contribution in [0.1, 0.15) is 41.6 Å². The lowest BCUT2D eigenvalue weighted by Gasteiger charge is -2.32. The smallest absolute Gasteiger partial charge is 0.339 e. The van der Waals surface area contributed by atoms with E-state index in [0.29, 0.717) is 10.5 Å². The molecule has 2 aromatic rings. The Morgan fingerprint density at radius 3 is 2.34 bits per heavy atom. The number of nitrogens with one attached hydrogen (secondary N) is 1. The maximum absolute atomic E-state index is 12.7. The Morgan fingerprint density at radius 2 is 1.60 bits per heavy atom. The fourth-order valence-corrected chi connectivity index (χ4v) is 5.46. The van der Waals surface area contributed by atoms with E-state index in [-0.39, 0.29) is 30.2 Å². The molecule has 2 aliphatic heterocycles. The van der Waals surface area contributed by atoms with Gasteiger partial charge in [-0.05, 0) is 43.4 Å². The van der Waals surface area contributed by atoms with E-state index in [1.54, 1.807) is 12.1 Å². The summed E-state index contributed by atoms with van der Waals surface area (Å²) in [6, 6.07) is 17.5. The molecule has 4 rings (SSSR count). The number of nitrogens with zero attached hydrogens (tertiary/aromatic N) is 2. The molecule has 0 aromatic heterocycles. The molecule has 35 heavy (non-hydrogen) atoms. The summed E-state index contributed by atoms with van der Waals surface area (Å²) in [4.78, 5) is 42.4. The number of carbonyl (C=O) groups is 3. The number of hydrogen-bond acceptors (Lipinski definition) is 6. The van der Waals surface area contributed by atoms with Gasteiger partial charge in [-0.1, -0.05) is 42.5 Å². The number of carbonyl (C=O) groups excluding carboxylic acids is 3. The second-order valence-corrected chi connectivity index (χ2v) is 10.1. The monoisotopic (exact) mass is 495 g/mol. The predicted molar refractivity (Wildman–Crippen MR) is 136 cm³/mol. The molecule has 0 spiro atoms. The lowest BCUT2D eigenvalue weighted by atomic mass is 10.0. The average Bonchev–Trinajstić information content (AvgIpc) is 3.43. The van der Waals surface area contributed by atoms with Crippen LogP contribution in [0.25, 0.3) is 0 Å². The van der Waals surface area contributed by atoms with Gasteiger partial charge in [0.15, 0.2) is 6.61 Å². The first-order chi connectivity index (χ1) is 17.1. The van der Waals surface area contributed by atoms with Crippen molar-refractivity contribution in [3.63, 3.8) is 0 Å². The first-order valence-corrected chi connectivity index (χ1v) is 13.3. The Hall–Kier alpha value is -2.84. The predicted octanol–water partition coefficient (Wildman–Crippen LogP) is 3.34. The highest BCUT2D eigenvalue weighted by Crippen LogP contribution is 2.24. The highest BCUT2D eigenvalue weighted by atomic mass is 32.2. The highest BCUT2D eigenvalue weighted by Gasteiger charge is 2.23. The van der Waals surface area contributed by atoms with Crippen LogP contribution in [-0.4, -0.2) is 72.2 Å². The van der Waals surface area contributed by atoms with Crippen LogP contribution in [0.5, 0.6) is 0 Å². The third kappa shape index (κ3) is 7.57. The Balaban J connectivity index is 1.19. The van der Waals surface area contributed by atoms with E-state index in [9.17, 15) is 14.4 Å². The van der Waals surface area contributed by atoms with Gasteiger partial charge in [-0.15, -0.1) is 11.8 Å². The first-order valence-electron chi connectivity index (χ1n) is 12.3. The molecule has 0 aliphatic carbocycles. The number of ether oxygens (including phenoxy) is 1. The summed E-state index contributed by atoms with van der Waals surface area (Å²) in [5.41, 5.74) is 1.68. The van der Waals surface area contributed by atoms with Crippen LogP contribution in [0.2, 0.25) is 0 Å². The van der Waals surface area contributed by atoms with Crippen LogP contribution in [0, 0.1) is 0 Å². The number of likely N-dealkylation sites (tertiary alicyclic amines) is 2. The zero-order valence-electron chi connectivity index (χ0n) is 20.0. The molecule has 0 bridgehead atoms. The van der Waals surface area contributed by atoms with E-state index < -0.39 is 5.97 Å². The largest absolute Gasteiger partial charge is 0.452 e. The number of piperidine rings is 1.